The van der Waals surface area contributed by atoms with Crippen LogP contribution in [0.3, 0.4) is 0 Å². The van der Waals surface area contributed by atoms with Crippen LogP contribution in [0.5, 0.6) is 0 Å². The average molecular weight is 342 g/mol. The molecule has 130 valence electrons. The van der Waals surface area contributed by atoms with Crippen LogP contribution in [0.2, 0.25) is 0 Å². The molecule has 0 radical (unpaired) electrons. The molecule has 0 fully saturated rings. The topological polar surface area (TPSA) is 53.6 Å². The fourth-order valence-corrected chi connectivity index (χ4v) is 4.28. The highest BCUT2D eigenvalue weighted by molar-refractivity contribution is 5.71. The van der Waals surface area contributed by atoms with Gasteiger partial charge in [0.2, 0.25) is 0 Å². The number of nitrogens with zero attached hydrogens (tertiary/aromatic N) is 2. The molecule has 3 aromatic rings. The van der Waals surface area contributed by atoms with Crippen molar-refractivity contribution in [2.24, 2.45) is 5.92 Å². The van der Waals surface area contributed by atoms with Gasteiger partial charge in [-0.05, 0) is 35.6 Å². The van der Waals surface area contributed by atoms with Crippen molar-refractivity contribution >= 4 is 5.69 Å². The summed E-state index contributed by atoms with van der Waals surface area (Å²) in [6.45, 7) is 2.33. The molecule has 2 aliphatic rings. The number of benzene rings is 2. The van der Waals surface area contributed by atoms with Gasteiger partial charge in [-0.3, -0.25) is 0 Å². The van der Waals surface area contributed by atoms with Gasteiger partial charge in [-0.15, -0.1) is 0 Å². The summed E-state index contributed by atoms with van der Waals surface area (Å²) in [5.41, 5.74) is 6.96. The van der Waals surface area contributed by atoms with Crippen molar-refractivity contribution in [3.05, 3.63) is 77.5 Å². The molecule has 26 heavy (non-hydrogen) atoms. The second-order valence-corrected chi connectivity index (χ2v) is 7.42. The van der Waals surface area contributed by atoms with Gasteiger partial charge in [0.1, 0.15) is 5.69 Å². The largest absolute Gasteiger partial charge is 0.381 e. The highest BCUT2D eigenvalue weighted by Gasteiger charge is 2.35. The second-order valence-electron chi connectivity index (χ2n) is 7.42. The summed E-state index contributed by atoms with van der Waals surface area (Å²) in [7, 11) is 0. The fraction of sp³-hybridized carbons (Fsp3) is 0.273. The van der Waals surface area contributed by atoms with Crippen LogP contribution in [0.1, 0.15) is 36.1 Å². The Morgan fingerprint density at radius 1 is 1.08 bits per heavy atom. The molecule has 0 amide bonds. The van der Waals surface area contributed by atoms with Gasteiger partial charge in [0, 0.05) is 29.6 Å². The molecule has 1 aliphatic carbocycles. The Labute approximate surface area is 153 Å². The van der Waals surface area contributed by atoms with E-state index in [1.165, 1.54) is 16.8 Å². The van der Waals surface area contributed by atoms with Crippen molar-refractivity contribution in [1.29, 1.82) is 0 Å². The van der Waals surface area contributed by atoms with Gasteiger partial charge in [-0.25, -0.2) is 0 Å². The predicted octanol–water partition coefficient (Wildman–Crippen LogP) is 4.54. The third-order valence-electron chi connectivity index (χ3n) is 5.69. The van der Waals surface area contributed by atoms with Crippen molar-refractivity contribution in [2.75, 3.05) is 5.32 Å². The van der Waals surface area contributed by atoms with Crippen LogP contribution in [0.15, 0.2) is 60.7 Å². The molecule has 0 spiro atoms. The van der Waals surface area contributed by atoms with E-state index in [1.807, 2.05) is 6.07 Å². The van der Waals surface area contributed by atoms with Gasteiger partial charge in [0.25, 0.3) is 0 Å². The molecule has 2 N–H and O–H groups in total. The molecule has 0 saturated carbocycles. The molecule has 4 nitrogen and oxygen atoms in total. The van der Waals surface area contributed by atoms with Crippen LogP contribution in [0.4, 0.5) is 5.69 Å². The van der Waals surface area contributed by atoms with E-state index in [2.05, 4.69) is 82.3 Å². The van der Waals surface area contributed by atoms with Crippen LogP contribution >= 0.6 is 0 Å². The Morgan fingerprint density at radius 3 is 2.85 bits per heavy atom. The molecule has 1 aliphatic heterocycles. The Morgan fingerprint density at radius 2 is 1.96 bits per heavy atom. The van der Waals surface area contributed by atoms with Gasteiger partial charge in [-0.1, -0.05) is 55.5 Å². The number of rotatable bonds is 3. The van der Waals surface area contributed by atoms with E-state index < -0.39 is 0 Å². The second kappa shape index (κ2) is 6.13. The highest BCUT2D eigenvalue weighted by Crippen LogP contribution is 2.44. The molecule has 0 bridgehead atoms. The van der Waals surface area contributed by atoms with Crippen LogP contribution in [-0.2, 0) is 6.42 Å². The monoisotopic (exact) mass is 342 g/mol. The molecule has 2 heterocycles. The fourth-order valence-electron chi connectivity index (χ4n) is 4.28. The minimum absolute atomic E-state index is 0.457. The van der Waals surface area contributed by atoms with E-state index in [-0.39, 0.29) is 0 Å². The van der Waals surface area contributed by atoms with Crippen molar-refractivity contribution in [1.82, 2.24) is 15.4 Å². The smallest absolute Gasteiger partial charge is 0.116 e. The van der Waals surface area contributed by atoms with E-state index in [9.17, 15) is 0 Å². The summed E-state index contributed by atoms with van der Waals surface area (Å²) in [4.78, 5) is 0. The molecule has 5 rings (SSSR count). The lowest BCUT2D eigenvalue weighted by Crippen LogP contribution is -2.29. The van der Waals surface area contributed by atoms with E-state index >= 15 is 0 Å². The third kappa shape index (κ3) is 2.53. The van der Waals surface area contributed by atoms with Crippen molar-refractivity contribution < 1.29 is 0 Å². The number of nitrogens with one attached hydrogen (secondary N) is 2. The highest BCUT2D eigenvalue weighted by atomic mass is 15.3. The number of anilines is 1. The van der Waals surface area contributed by atoms with Gasteiger partial charge in [0.15, 0.2) is 0 Å². The number of hydrogen-bond acceptors (Lipinski definition) is 3. The minimum Gasteiger partial charge on any atom is -0.381 e. The van der Waals surface area contributed by atoms with Crippen molar-refractivity contribution in [2.45, 2.75) is 31.7 Å². The molecular formula is C22H22N4. The van der Waals surface area contributed by atoms with Gasteiger partial charge in [-0.2, -0.15) is 15.4 Å². The Kier molecular flexibility index (Phi) is 3.63. The first-order valence-electron chi connectivity index (χ1n) is 9.30. The normalized spacial score (nSPS) is 23.3. The van der Waals surface area contributed by atoms with Crippen LogP contribution in [-0.4, -0.2) is 21.5 Å². The lowest BCUT2D eigenvalue weighted by Gasteiger charge is -2.27. The molecule has 0 saturated heterocycles. The van der Waals surface area contributed by atoms with Gasteiger partial charge < -0.3 is 5.32 Å². The zero-order valence-electron chi connectivity index (χ0n) is 14.8. The molecule has 3 unspecified atom stereocenters. The van der Waals surface area contributed by atoms with Gasteiger partial charge in [0.05, 0.1) is 5.69 Å². The first kappa shape index (κ1) is 15.4. The average Bonchev–Trinajstić information content (AvgIpc) is 3.27. The van der Waals surface area contributed by atoms with Crippen molar-refractivity contribution in [3.8, 4) is 11.3 Å². The number of allylic oxidation sites excluding steroid dienone is 1. The van der Waals surface area contributed by atoms with E-state index in [0.717, 1.165) is 29.8 Å². The van der Waals surface area contributed by atoms with Gasteiger partial charge >= 0.3 is 0 Å². The van der Waals surface area contributed by atoms with E-state index in [0.29, 0.717) is 17.9 Å². The van der Waals surface area contributed by atoms with Crippen molar-refractivity contribution in [3.63, 3.8) is 0 Å². The lowest BCUT2D eigenvalue weighted by atomic mass is 9.81. The standard InChI is InChI=1S/C22H22N4/c1-14-6-5-9-17-18-13-16(10-11-19(18)23-21(14)17)22-20(24-26-25-22)12-15-7-3-2-4-8-15/h2-5,7-11,13-14,17,21,23H,6,12H2,1H3,(H,24,25,26). The maximum absolute atomic E-state index is 4.45. The molecule has 2 aromatic carbocycles. The molecule has 4 heteroatoms. The summed E-state index contributed by atoms with van der Waals surface area (Å²) < 4.78 is 0. The van der Waals surface area contributed by atoms with Crippen LogP contribution in [0.25, 0.3) is 11.3 Å². The summed E-state index contributed by atoms with van der Waals surface area (Å²) in [5, 5.41) is 15.4. The zero-order valence-corrected chi connectivity index (χ0v) is 14.8. The maximum atomic E-state index is 4.45. The number of aromatic amines is 1. The number of fused-ring (bicyclic) bond motifs is 3. The van der Waals surface area contributed by atoms with E-state index in [4.69, 9.17) is 0 Å². The lowest BCUT2D eigenvalue weighted by molar-refractivity contribution is 0.452. The SMILES string of the molecule is CC1CC=CC2c3cc(-c4n[nH]nc4Cc4ccccc4)ccc3NC12. The number of aromatic nitrogens is 3. The Hall–Kier alpha value is -2.88. The number of hydrogen-bond donors (Lipinski definition) is 2. The maximum Gasteiger partial charge on any atom is 0.116 e. The first-order valence-corrected chi connectivity index (χ1v) is 9.30. The summed E-state index contributed by atoms with van der Waals surface area (Å²) in [5.74, 6) is 1.11. The Bertz CT molecular complexity index is 957. The molecule has 3 atom stereocenters. The van der Waals surface area contributed by atoms with Crippen LogP contribution < -0.4 is 5.32 Å². The van der Waals surface area contributed by atoms with E-state index in [1.54, 1.807) is 0 Å². The summed E-state index contributed by atoms with van der Waals surface area (Å²) in [6.07, 6.45) is 6.62. The zero-order chi connectivity index (χ0) is 17.5. The first-order chi connectivity index (χ1) is 12.8. The quantitative estimate of drug-likeness (QED) is 0.687. The number of H-pyrrole nitrogens is 1. The summed E-state index contributed by atoms with van der Waals surface area (Å²) >= 11 is 0. The Balaban J connectivity index is 1.50. The predicted molar refractivity (Wildman–Crippen MR) is 104 cm³/mol. The third-order valence-corrected chi connectivity index (χ3v) is 5.69. The molecule has 1 aromatic heterocycles. The molecular weight excluding hydrogens is 320 g/mol. The summed E-state index contributed by atoms with van der Waals surface area (Å²) in [6, 6.07) is 17.6. The van der Waals surface area contributed by atoms with Crippen LogP contribution in [0, 0.1) is 5.92 Å². The minimum atomic E-state index is 0.457.